The van der Waals surface area contributed by atoms with Gasteiger partial charge in [-0.25, -0.2) is 0 Å². The van der Waals surface area contributed by atoms with Crippen LogP contribution in [0.25, 0.3) is 0 Å². The first-order valence-electron chi connectivity index (χ1n) is 8.02. The summed E-state index contributed by atoms with van der Waals surface area (Å²) in [7, 11) is 1.88. The van der Waals surface area contributed by atoms with Crippen LogP contribution in [0.5, 0.6) is 0 Å². The van der Waals surface area contributed by atoms with Crippen molar-refractivity contribution in [2.75, 3.05) is 7.05 Å². The molecule has 2 rings (SSSR count). The minimum atomic E-state index is -0.798. The molecule has 1 N–H and O–H groups in total. The molecule has 4 nitrogen and oxygen atoms in total. The fourth-order valence-electron chi connectivity index (χ4n) is 4.02. The lowest BCUT2D eigenvalue weighted by Crippen LogP contribution is -2.48. The van der Waals surface area contributed by atoms with Crippen LogP contribution in [0.4, 0.5) is 0 Å². The lowest BCUT2D eigenvalue weighted by molar-refractivity contribution is -0.153. The van der Waals surface area contributed by atoms with Crippen molar-refractivity contribution < 1.29 is 14.7 Å². The van der Waals surface area contributed by atoms with E-state index < -0.39 is 11.9 Å². The van der Waals surface area contributed by atoms with Gasteiger partial charge in [-0.1, -0.05) is 32.6 Å². The fourth-order valence-corrected chi connectivity index (χ4v) is 4.02. The summed E-state index contributed by atoms with van der Waals surface area (Å²) in [4.78, 5) is 26.0. The number of nitrogens with zero attached hydrogens (tertiary/aromatic N) is 1. The molecule has 2 saturated carbocycles. The Bertz CT molecular complexity index is 369. The van der Waals surface area contributed by atoms with Gasteiger partial charge in [0.05, 0.1) is 11.8 Å². The molecule has 2 aliphatic rings. The topological polar surface area (TPSA) is 57.6 Å². The molecular weight excluding hydrogens is 254 g/mol. The second-order valence-corrected chi connectivity index (χ2v) is 6.61. The SMILES string of the molecule is CC1CCCCC1N(C)C(=O)C1CCCCC1C(=O)O. The first-order chi connectivity index (χ1) is 9.52. The van der Waals surface area contributed by atoms with Gasteiger partial charge in [0.25, 0.3) is 0 Å². The molecule has 2 fully saturated rings. The summed E-state index contributed by atoms with van der Waals surface area (Å²) in [5.41, 5.74) is 0. The average molecular weight is 281 g/mol. The van der Waals surface area contributed by atoms with E-state index in [1.807, 2.05) is 11.9 Å². The molecule has 0 spiro atoms. The Morgan fingerprint density at radius 2 is 1.50 bits per heavy atom. The highest BCUT2D eigenvalue weighted by atomic mass is 16.4. The highest BCUT2D eigenvalue weighted by molar-refractivity contribution is 5.85. The quantitative estimate of drug-likeness (QED) is 0.865. The van der Waals surface area contributed by atoms with Gasteiger partial charge in [-0.15, -0.1) is 0 Å². The normalized spacial score (nSPS) is 34.5. The minimum absolute atomic E-state index is 0.0656. The van der Waals surface area contributed by atoms with Crippen LogP contribution in [0.15, 0.2) is 0 Å². The summed E-state index contributed by atoms with van der Waals surface area (Å²) in [5, 5.41) is 9.33. The number of carboxylic acid groups (broad SMARTS) is 1. The van der Waals surface area contributed by atoms with Crippen LogP contribution in [0.3, 0.4) is 0 Å². The van der Waals surface area contributed by atoms with Gasteiger partial charge in [-0.2, -0.15) is 0 Å². The summed E-state index contributed by atoms with van der Waals surface area (Å²) in [6.07, 6.45) is 7.98. The van der Waals surface area contributed by atoms with E-state index in [4.69, 9.17) is 0 Å². The lowest BCUT2D eigenvalue weighted by Gasteiger charge is -2.39. The van der Waals surface area contributed by atoms with Crippen molar-refractivity contribution >= 4 is 11.9 Å². The zero-order valence-electron chi connectivity index (χ0n) is 12.7. The van der Waals surface area contributed by atoms with Crippen molar-refractivity contribution in [3.63, 3.8) is 0 Å². The number of amides is 1. The number of rotatable bonds is 3. The maximum absolute atomic E-state index is 12.7. The van der Waals surface area contributed by atoms with E-state index in [0.29, 0.717) is 18.4 Å². The van der Waals surface area contributed by atoms with Crippen LogP contribution in [-0.2, 0) is 9.59 Å². The molecule has 4 heteroatoms. The van der Waals surface area contributed by atoms with Crippen LogP contribution < -0.4 is 0 Å². The van der Waals surface area contributed by atoms with Crippen LogP contribution in [0.1, 0.15) is 58.3 Å². The van der Waals surface area contributed by atoms with E-state index >= 15 is 0 Å². The van der Waals surface area contributed by atoms with Gasteiger partial charge >= 0.3 is 5.97 Å². The Labute approximate surface area is 121 Å². The van der Waals surface area contributed by atoms with Gasteiger partial charge in [-0.05, 0) is 31.6 Å². The number of carboxylic acids is 1. The van der Waals surface area contributed by atoms with Crippen molar-refractivity contribution in [2.45, 2.75) is 64.3 Å². The summed E-state index contributed by atoms with van der Waals surface area (Å²) >= 11 is 0. The molecule has 0 aromatic heterocycles. The third-order valence-electron chi connectivity index (χ3n) is 5.31. The molecule has 4 atom stereocenters. The molecule has 1 amide bonds. The number of hydrogen-bond acceptors (Lipinski definition) is 2. The van der Waals surface area contributed by atoms with Crippen LogP contribution in [0, 0.1) is 17.8 Å². The van der Waals surface area contributed by atoms with E-state index in [-0.39, 0.29) is 11.8 Å². The third kappa shape index (κ3) is 3.15. The molecule has 0 heterocycles. The monoisotopic (exact) mass is 281 g/mol. The molecule has 0 saturated heterocycles. The molecule has 4 unspecified atom stereocenters. The van der Waals surface area contributed by atoms with Gasteiger partial charge in [-0.3, -0.25) is 9.59 Å². The maximum atomic E-state index is 12.7. The van der Waals surface area contributed by atoms with E-state index in [2.05, 4.69) is 6.92 Å². The first kappa shape index (κ1) is 15.3. The molecular formula is C16H27NO3. The Morgan fingerprint density at radius 1 is 0.950 bits per heavy atom. The lowest BCUT2D eigenvalue weighted by atomic mass is 9.77. The van der Waals surface area contributed by atoms with Gasteiger partial charge in [0.1, 0.15) is 0 Å². The third-order valence-corrected chi connectivity index (χ3v) is 5.31. The predicted octanol–water partition coefficient (Wildman–Crippen LogP) is 2.91. The Hall–Kier alpha value is -1.06. The van der Waals surface area contributed by atoms with E-state index in [9.17, 15) is 14.7 Å². The molecule has 20 heavy (non-hydrogen) atoms. The highest BCUT2D eigenvalue weighted by Gasteiger charge is 2.39. The van der Waals surface area contributed by atoms with Crippen molar-refractivity contribution in [1.29, 1.82) is 0 Å². The Morgan fingerprint density at radius 3 is 2.10 bits per heavy atom. The van der Waals surface area contributed by atoms with Crippen molar-refractivity contribution in [1.82, 2.24) is 4.90 Å². The summed E-state index contributed by atoms with van der Waals surface area (Å²) in [6, 6.07) is 0.299. The molecule has 0 aliphatic heterocycles. The van der Waals surface area contributed by atoms with E-state index in [1.54, 1.807) is 0 Å². The zero-order chi connectivity index (χ0) is 14.7. The molecule has 0 radical (unpaired) electrons. The molecule has 2 aliphatic carbocycles. The van der Waals surface area contributed by atoms with Crippen molar-refractivity contribution in [2.24, 2.45) is 17.8 Å². The smallest absolute Gasteiger partial charge is 0.307 e. The molecule has 0 bridgehead atoms. The standard InChI is InChI=1S/C16H27NO3/c1-11-7-3-6-10-14(11)17(2)15(18)12-8-4-5-9-13(12)16(19)20/h11-14H,3-10H2,1-2H3,(H,19,20). The maximum Gasteiger partial charge on any atom is 0.307 e. The second-order valence-electron chi connectivity index (χ2n) is 6.61. The van der Waals surface area contributed by atoms with E-state index in [1.165, 1.54) is 19.3 Å². The molecule has 0 aromatic carbocycles. The van der Waals surface area contributed by atoms with Crippen molar-refractivity contribution in [3.8, 4) is 0 Å². The summed E-state index contributed by atoms with van der Waals surface area (Å²) < 4.78 is 0. The number of hydrogen-bond donors (Lipinski definition) is 1. The van der Waals surface area contributed by atoms with Crippen LogP contribution in [0.2, 0.25) is 0 Å². The first-order valence-corrected chi connectivity index (χ1v) is 8.02. The summed E-state index contributed by atoms with van der Waals surface area (Å²) in [5.74, 6) is -0.980. The summed E-state index contributed by atoms with van der Waals surface area (Å²) in [6.45, 7) is 2.21. The van der Waals surface area contributed by atoms with Crippen LogP contribution in [-0.4, -0.2) is 35.0 Å². The average Bonchev–Trinajstić information content (AvgIpc) is 2.46. The minimum Gasteiger partial charge on any atom is -0.481 e. The van der Waals surface area contributed by atoms with Crippen molar-refractivity contribution in [3.05, 3.63) is 0 Å². The fraction of sp³-hybridized carbons (Fsp3) is 0.875. The Kier molecular flexibility index (Phi) is 5.06. The zero-order valence-corrected chi connectivity index (χ0v) is 12.7. The van der Waals surface area contributed by atoms with Crippen LogP contribution >= 0.6 is 0 Å². The molecule has 0 aromatic rings. The number of carbonyl (C=O) groups is 2. The molecule has 114 valence electrons. The van der Waals surface area contributed by atoms with Gasteiger partial charge in [0.15, 0.2) is 0 Å². The Balaban J connectivity index is 2.06. The number of aliphatic carboxylic acids is 1. The predicted molar refractivity (Wildman–Crippen MR) is 77.3 cm³/mol. The van der Waals surface area contributed by atoms with Gasteiger partial charge in [0, 0.05) is 13.1 Å². The number of carbonyl (C=O) groups excluding carboxylic acids is 1. The highest BCUT2D eigenvalue weighted by Crippen LogP contribution is 2.34. The second kappa shape index (κ2) is 6.59. The largest absolute Gasteiger partial charge is 0.481 e. The van der Waals surface area contributed by atoms with E-state index in [0.717, 1.165) is 25.7 Å². The van der Waals surface area contributed by atoms with Gasteiger partial charge in [0.2, 0.25) is 5.91 Å². The van der Waals surface area contributed by atoms with Gasteiger partial charge < -0.3 is 10.0 Å².